The summed E-state index contributed by atoms with van der Waals surface area (Å²) in [5.74, 6) is 2.20. The Bertz CT molecular complexity index is 544. The number of thiophene rings is 1. The van der Waals surface area contributed by atoms with Crippen molar-refractivity contribution < 1.29 is 0 Å². The van der Waals surface area contributed by atoms with Gasteiger partial charge in [-0.1, -0.05) is 11.6 Å². The number of aromatic amines is 1. The highest BCUT2D eigenvalue weighted by molar-refractivity contribution is 7.19. The lowest BCUT2D eigenvalue weighted by molar-refractivity contribution is 0.411. The van der Waals surface area contributed by atoms with Crippen molar-refractivity contribution in [3.05, 3.63) is 16.5 Å². The van der Waals surface area contributed by atoms with E-state index in [0.717, 1.165) is 53.5 Å². The molecule has 1 saturated heterocycles. The predicted octanol–water partition coefficient (Wildman–Crippen LogP) is 2.36. The Morgan fingerprint density at radius 2 is 2.21 bits per heavy atom. The van der Waals surface area contributed by atoms with Crippen LogP contribution in [0.4, 0.5) is 5.95 Å². The van der Waals surface area contributed by atoms with Crippen molar-refractivity contribution in [2.45, 2.75) is 12.8 Å². The van der Waals surface area contributed by atoms with Gasteiger partial charge in [0.1, 0.15) is 0 Å². The van der Waals surface area contributed by atoms with Gasteiger partial charge >= 0.3 is 0 Å². The Balaban J connectivity index is 1.72. The Labute approximate surface area is 120 Å². The second-order valence-electron chi connectivity index (χ2n) is 4.75. The first kappa shape index (κ1) is 12.9. The smallest absolute Gasteiger partial charge is 0.245 e. The molecule has 0 amide bonds. The Kier molecular flexibility index (Phi) is 3.72. The molecular weight excluding hydrogens is 282 g/mol. The highest BCUT2D eigenvalue weighted by Crippen LogP contribution is 2.30. The second kappa shape index (κ2) is 5.48. The number of rotatable bonds is 3. The van der Waals surface area contributed by atoms with Gasteiger partial charge in [0.25, 0.3) is 0 Å². The van der Waals surface area contributed by atoms with E-state index in [0.29, 0.717) is 5.92 Å². The number of H-pyrrole nitrogens is 1. The van der Waals surface area contributed by atoms with Crippen LogP contribution in [-0.2, 0) is 0 Å². The molecule has 1 aliphatic rings. The summed E-state index contributed by atoms with van der Waals surface area (Å²) in [5, 5.41) is 7.28. The molecule has 5 nitrogen and oxygen atoms in total. The monoisotopic (exact) mass is 297 g/mol. The molecule has 1 fully saturated rings. The normalized spacial score (nSPS) is 17.1. The number of piperidine rings is 1. The van der Waals surface area contributed by atoms with Crippen molar-refractivity contribution >= 4 is 28.9 Å². The largest absolute Gasteiger partial charge is 0.340 e. The molecule has 1 aliphatic heterocycles. The van der Waals surface area contributed by atoms with Gasteiger partial charge in [0.05, 0.1) is 9.21 Å². The zero-order valence-electron chi connectivity index (χ0n) is 10.5. The summed E-state index contributed by atoms with van der Waals surface area (Å²) in [6.07, 6.45) is 2.23. The van der Waals surface area contributed by atoms with Gasteiger partial charge in [-0.2, -0.15) is 4.98 Å². The molecule has 7 heteroatoms. The van der Waals surface area contributed by atoms with Crippen molar-refractivity contribution in [2.75, 3.05) is 24.5 Å². The molecule has 0 spiro atoms. The Hall–Kier alpha value is -1.11. The first-order valence-electron chi connectivity index (χ1n) is 6.39. The molecule has 0 bridgehead atoms. The molecule has 0 atom stereocenters. The van der Waals surface area contributed by atoms with Gasteiger partial charge < -0.3 is 10.6 Å². The molecule has 19 heavy (non-hydrogen) atoms. The molecular formula is C12H16ClN5S. The standard InChI is InChI=1S/C12H16ClN5S/c13-10-2-1-9(19-10)11-15-12(17-16-11)18-5-3-8(7-14)4-6-18/h1-2,8H,3-7,14H2,(H,15,16,17). The third-order valence-corrected chi connectivity index (χ3v) is 4.75. The minimum absolute atomic E-state index is 0.644. The maximum atomic E-state index is 5.93. The second-order valence-corrected chi connectivity index (χ2v) is 6.47. The molecule has 0 aliphatic carbocycles. The highest BCUT2D eigenvalue weighted by Gasteiger charge is 2.21. The van der Waals surface area contributed by atoms with Gasteiger partial charge in [0, 0.05) is 13.1 Å². The van der Waals surface area contributed by atoms with Gasteiger partial charge in [0.15, 0.2) is 5.82 Å². The fourth-order valence-corrected chi connectivity index (χ4v) is 3.30. The van der Waals surface area contributed by atoms with Crippen LogP contribution < -0.4 is 10.6 Å². The van der Waals surface area contributed by atoms with Crippen molar-refractivity contribution in [3.63, 3.8) is 0 Å². The summed E-state index contributed by atoms with van der Waals surface area (Å²) in [6.45, 7) is 2.73. The Morgan fingerprint density at radius 3 is 2.84 bits per heavy atom. The van der Waals surface area contributed by atoms with E-state index in [9.17, 15) is 0 Å². The molecule has 3 N–H and O–H groups in total. The van der Waals surface area contributed by atoms with Crippen LogP contribution in [0.15, 0.2) is 12.1 Å². The molecule has 2 aromatic rings. The quantitative estimate of drug-likeness (QED) is 0.912. The fraction of sp³-hybridized carbons (Fsp3) is 0.500. The first-order valence-corrected chi connectivity index (χ1v) is 7.59. The van der Waals surface area contributed by atoms with Crippen molar-refractivity contribution in [1.29, 1.82) is 0 Å². The third kappa shape index (κ3) is 2.75. The highest BCUT2D eigenvalue weighted by atomic mass is 35.5. The lowest BCUT2D eigenvalue weighted by Gasteiger charge is -2.30. The molecule has 0 saturated carbocycles. The van der Waals surface area contributed by atoms with Gasteiger partial charge in [-0.05, 0) is 37.4 Å². The maximum absolute atomic E-state index is 5.93. The number of aromatic nitrogens is 3. The molecule has 0 unspecified atom stereocenters. The molecule has 0 radical (unpaired) electrons. The SMILES string of the molecule is NCC1CCN(c2n[nH]c(-c3ccc(Cl)s3)n2)CC1. The number of nitrogens with one attached hydrogen (secondary N) is 1. The topological polar surface area (TPSA) is 70.8 Å². The molecule has 2 aromatic heterocycles. The van der Waals surface area contributed by atoms with Crippen LogP contribution in [0, 0.1) is 5.92 Å². The summed E-state index contributed by atoms with van der Waals surface area (Å²) in [7, 11) is 0. The molecule has 3 heterocycles. The van der Waals surface area contributed by atoms with Gasteiger partial charge in [-0.25, -0.2) is 0 Å². The van der Waals surface area contributed by atoms with Crippen LogP contribution in [0.1, 0.15) is 12.8 Å². The maximum Gasteiger partial charge on any atom is 0.245 e. The number of hydrogen-bond acceptors (Lipinski definition) is 5. The number of nitrogens with zero attached hydrogens (tertiary/aromatic N) is 3. The van der Waals surface area contributed by atoms with Crippen LogP contribution in [-0.4, -0.2) is 34.8 Å². The van der Waals surface area contributed by atoms with Crippen molar-refractivity contribution in [2.24, 2.45) is 11.7 Å². The van der Waals surface area contributed by atoms with Crippen LogP contribution in [0.3, 0.4) is 0 Å². The van der Waals surface area contributed by atoms with Crippen molar-refractivity contribution in [1.82, 2.24) is 15.2 Å². The first-order chi connectivity index (χ1) is 9.26. The van der Waals surface area contributed by atoms with E-state index < -0.39 is 0 Å². The number of nitrogens with two attached hydrogens (primary N) is 1. The lowest BCUT2D eigenvalue weighted by atomic mass is 9.97. The predicted molar refractivity (Wildman–Crippen MR) is 78.7 cm³/mol. The van der Waals surface area contributed by atoms with E-state index >= 15 is 0 Å². The number of hydrogen-bond donors (Lipinski definition) is 2. The van der Waals surface area contributed by atoms with E-state index in [1.54, 1.807) is 0 Å². The van der Waals surface area contributed by atoms with E-state index in [-0.39, 0.29) is 0 Å². The lowest BCUT2D eigenvalue weighted by Crippen LogP contribution is -2.36. The summed E-state index contributed by atoms with van der Waals surface area (Å²) in [4.78, 5) is 7.77. The minimum atomic E-state index is 0.644. The zero-order valence-corrected chi connectivity index (χ0v) is 12.0. The fourth-order valence-electron chi connectivity index (χ4n) is 2.31. The summed E-state index contributed by atoms with van der Waals surface area (Å²) in [5.41, 5.74) is 5.70. The van der Waals surface area contributed by atoms with E-state index in [2.05, 4.69) is 20.1 Å². The van der Waals surface area contributed by atoms with Crippen molar-refractivity contribution in [3.8, 4) is 10.7 Å². The number of halogens is 1. The van der Waals surface area contributed by atoms with Gasteiger partial charge in [-0.15, -0.1) is 16.4 Å². The van der Waals surface area contributed by atoms with Crippen LogP contribution >= 0.6 is 22.9 Å². The van der Waals surface area contributed by atoms with Crippen LogP contribution in [0.5, 0.6) is 0 Å². The van der Waals surface area contributed by atoms with Crippen LogP contribution in [0.25, 0.3) is 10.7 Å². The number of anilines is 1. The average molecular weight is 298 g/mol. The van der Waals surface area contributed by atoms with E-state index in [4.69, 9.17) is 17.3 Å². The van der Waals surface area contributed by atoms with Gasteiger partial charge in [0.2, 0.25) is 5.95 Å². The summed E-state index contributed by atoms with van der Waals surface area (Å²) in [6, 6.07) is 3.83. The minimum Gasteiger partial charge on any atom is -0.340 e. The molecule has 102 valence electrons. The Morgan fingerprint density at radius 1 is 1.42 bits per heavy atom. The van der Waals surface area contributed by atoms with E-state index in [1.165, 1.54) is 11.3 Å². The average Bonchev–Trinajstić information content (AvgIpc) is 3.07. The third-order valence-electron chi connectivity index (χ3n) is 3.51. The summed E-state index contributed by atoms with van der Waals surface area (Å²) >= 11 is 7.43. The zero-order chi connectivity index (χ0) is 13.2. The molecule has 0 aromatic carbocycles. The summed E-state index contributed by atoms with van der Waals surface area (Å²) < 4.78 is 0.761. The van der Waals surface area contributed by atoms with E-state index in [1.807, 2.05) is 12.1 Å². The van der Waals surface area contributed by atoms with Crippen LogP contribution in [0.2, 0.25) is 4.34 Å². The molecule has 3 rings (SSSR count). The van der Waals surface area contributed by atoms with Gasteiger partial charge in [-0.3, -0.25) is 5.10 Å².